The van der Waals surface area contributed by atoms with Gasteiger partial charge in [0.15, 0.2) is 0 Å². The highest BCUT2D eigenvalue weighted by atomic mass is 16.6. The number of nitrogens with one attached hydrogen (secondary N) is 1. The number of unbranched alkanes of at least 4 members (excludes halogenated alkanes) is 2. The highest BCUT2D eigenvalue weighted by molar-refractivity contribution is 5.75. The van der Waals surface area contributed by atoms with Crippen LogP contribution in [0.3, 0.4) is 0 Å². The summed E-state index contributed by atoms with van der Waals surface area (Å²) in [6.45, 7) is 3.18. The van der Waals surface area contributed by atoms with Gasteiger partial charge in [0.25, 0.3) is 0 Å². The second kappa shape index (κ2) is 8.49. The average molecular weight is 174 g/mol. The van der Waals surface area contributed by atoms with Crippen LogP contribution in [0, 0.1) is 0 Å². The summed E-state index contributed by atoms with van der Waals surface area (Å²) >= 11 is 0. The van der Waals surface area contributed by atoms with Crippen LogP contribution in [0.1, 0.15) is 32.6 Å². The van der Waals surface area contributed by atoms with Crippen molar-refractivity contribution in [3.8, 4) is 0 Å². The molecular formula is C8H18N2O2. The molecule has 1 amide bonds. The maximum Gasteiger partial charge on any atom is 0.222 e. The van der Waals surface area contributed by atoms with Crippen molar-refractivity contribution < 1.29 is 9.63 Å². The summed E-state index contributed by atoms with van der Waals surface area (Å²) in [5, 5.41) is 2.78. The summed E-state index contributed by atoms with van der Waals surface area (Å²) in [7, 11) is 0. The van der Waals surface area contributed by atoms with E-state index < -0.39 is 0 Å². The van der Waals surface area contributed by atoms with Gasteiger partial charge in [-0.15, -0.1) is 0 Å². The standard InChI is InChI=1S/C8H18N2O2/c1-2-3-4-6-10-8(11)5-7-12-9/h2-7,9H2,1H3,(H,10,11). The van der Waals surface area contributed by atoms with E-state index >= 15 is 0 Å². The smallest absolute Gasteiger partial charge is 0.222 e. The van der Waals surface area contributed by atoms with E-state index in [9.17, 15) is 4.79 Å². The summed E-state index contributed by atoms with van der Waals surface area (Å²) in [4.78, 5) is 15.2. The minimum absolute atomic E-state index is 0.0107. The summed E-state index contributed by atoms with van der Waals surface area (Å²) in [6.07, 6.45) is 3.73. The first kappa shape index (κ1) is 11.4. The zero-order valence-electron chi connectivity index (χ0n) is 7.64. The molecule has 0 fully saturated rings. The number of hydrogen-bond acceptors (Lipinski definition) is 3. The lowest BCUT2D eigenvalue weighted by Gasteiger charge is -2.02. The van der Waals surface area contributed by atoms with Crippen LogP contribution < -0.4 is 11.2 Å². The van der Waals surface area contributed by atoms with Gasteiger partial charge in [-0.25, -0.2) is 5.90 Å². The van der Waals surface area contributed by atoms with Crippen molar-refractivity contribution in [2.45, 2.75) is 32.6 Å². The van der Waals surface area contributed by atoms with E-state index in [2.05, 4.69) is 17.1 Å². The highest BCUT2D eigenvalue weighted by Crippen LogP contribution is 1.91. The molecule has 0 aromatic carbocycles. The molecule has 0 heterocycles. The number of rotatable bonds is 7. The SMILES string of the molecule is CCCCCNC(=O)CCON. The lowest BCUT2D eigenvalue weighted by molar-refractivity contribution is -0.122. The molecule has 4 heteroatoms. The van der Waals surface area contributed by atoms with Crippen molar-refractivity contribution in [3.05, 3.63) is 0 Å². The van der Waals surface area contributed by atoms with Gasteiger partial charge in [0.1, 0.15) is 0 Å². The van der Waals surface area contributed by atoms with Gasteiger partial charge in [0.2, 0.25) is 5.91 Å². The van der Waals surface area contributed by atoms with Gasteiger partial charge in [0.05, 0.1) is 13.0 Å². The highest BCUT2D eigenvalue weighted by Gasteiger charge is 1.98. The minimum atomic E-state index is 0.0107. The van der Waals surface area contributed by atoms with Crippen molar-refractivity contribution >= 4 is 5.91 Å². The Balaban J connectivity index is 3.08. The van der Waals surface area contributed by atoms with Crippen LogP contribution in [0.4, 0.5) is 0 Å². The second-order valence-corrected chi connectivity index (χ2v) is 2.68. The fourth-order valence-electron chi connectivity index (χ4n) is 0.843. The van der Waals surface area contributed by atoms with Gasteiger partial charge < -0.3 is 10.2 Å². The summed E-state index contributed by atoms with van der Waals surface area (Å²) in [6, 6.07) is 0. The molecule has 4 nitrogen and oxygen atoms in total. The lowest BCUT2D eigenvalue weighted by Crippen LogP contribution is -2.25. The molecule has 0 bridgehead atoms. The van der Waals surface area contributed by atoms with E-state index in [1.165, 1.54) is 6.42 Å². The lowest BCUT2D eigenvalue weighted by atomic mass is 10.2. The fraction of sp³-hybridized carbons (Fsp3) is 0.875. The predicted octanol–water partition coefficient (Wildman–Crippen LogP) is 0.573. The second-order valence-electron chi connectivity index (χ2n) is 2.68. The van der Waals surface area contributed by atoms with E-state index in [-0.39, 0.29) is 5.91 Å². The first-order valence-corrected chi connectivity index (χ1v) is 4.39. The first-order chi connectivity index (χ1) is 5.81. The van der Waals surface area contributed by atoms with E-state index in [1.807, 2.05) is 0 Å². The molecule has 0 unspecified atom stereocenters. The maximum absolute atomic E-state index is 10.9. The van der Waals surface area contributed by atoms with Crippen molar-refractivity contribution in [1.82, 2.24) is 5.32 Å². The summed E-state index contributed by atoms with van der Waals surface area (Å²) in [5.74, 6) is 4.78. The zero-order valence-corrected chi connectivity index (χ0v) is 7.64. The molecule has 0 aliphatic rings. The molecule has 0 aliphatic carbocycles. The van der Waals surface area contributed by atoms with Crippen molar-refractivity contribution in [2.75, 3.05) is 13.2 Å². The van der Waals surface area contributed by atoms with Gasteiger partial charge in [0, 0.05) is 6.54 Å². The quantitative estimate of drug-likeness (QED) is 0.438. The van der Waals surface area contributed by atoms with Gasteiger partial charge in [-0.3, -0.25) is 4.79 Å². The van der Waals surface area contributed by atoms with Crippen LogP contribution in [0.15, 0.2) is 0 Å². The Hall–Kier alpha value is -0.610. The Kier molecular flexibility index (Phi) is 8.05. The third-order valence-corrected chi connectivity index (χ3v) is 1.55. The van der Waals surface area contributed by atoms with E-state index in [0.717, 1.165) is 19.4 Å². The van der Waals surface area contributed by atoms with Gasteiger partial charge in [-0.05, 0) is 6.42 Å². The Morgan fingerprint density at radius 2 is 2.25 bits per heavy atom. The Labute approximate surface area is 73.4 Å². The van der Waals surface area contributed by atoms with Gasteiger partial charge in [-0.1, -0.05) is 19.8 Å². The third-order valence-electron chi connectivity index (χ3n) is 1.55. The number of carbonyl (C=O) groups excluding carboxylic acids is 1. The minimum Gasteiger partial charge on any atom is -0.356 e. The van der Waals surface area contributed by atoms with Crippen molar-refractivity contribution in [2.24, 2.45) is 5.90 Å². The molecule has 0 atom stereocenters. The fourth-order valence-corrected chi connectivity index (χ4v) is 0.843. The molecule has 0 aromatic rings. The molecule has 0 saturated heterocycles. The number of nitrogens with two attached hydrogens (primary N) is 1. The van der Waals surface area contributed by atoms with Gasteiger partial charge in [-0.2, -0.15) is 0 Å². The normalized spacial score (nSPS) is 9.83. The molecule has 0 aromatic heterocycles. The summed E-state index contributed by atoms with van der Waals surface area (Å²) in [5.41, 5.74) is 0. The predicted molar refractivity (Wildman–Crippen MR) is 47.3 cm³/mol. The topological polar surface area (TPSA) is 64.3 Å². The molecule has 12 heavy (non-hydrogen) atoms. The van der Waals surface area contributed by atoms with Crippen LogP contribution in [0.25, 0.3) is 0 Å². The van der Waals surface area contributed by atoms with Crippen LogP contribution in [-0.4, -0.2) is 19.1 Å². The average Bonchev–Trinajstić information content (AvgIpc) is 2.09. The molecular weight excluding hydrogens is 156 g/mol. The number of carbonyl (C=O) groups is 1. The van der Waals surface area contributed by atoms with E-state index in [4.69, 9.17) is 5.90 Å². The Bertz CT molecular complexity index is 118. The Morgan fingerprint density at radius 3 is 2.83 bits per heavy atom. The van der Waals surface area contributed by atoms with E-state index in [1.54, 1.807) is 0 Å². The van der Waals surface area contributed by atoms with Crippen LogP contribution in [-0.2, 0) is 9.63 Å². The summed E-state index contributed by atoms with van der Waals surface area (Å²) < 4.78 is 0. The molecule has 0 aliphatic heterocycles. The molecule has 0 saturated carbocycles. The molecule has 72 valence electrons. The first-order valence-electron chi connectivity index (χ1n) is 4.39. The Morgan fingerprint density at radius 1 is 1.50 bits per heavy atom. The molecule has 0 spiro atoms. The molecule has 0 rings (SSSR count). The maximum atomic E-state index is 10.9. The van der Waals surface area contributed by atoms with Crippen molar-refractivity contribution in [3.63, 3.8) is 0 Å². The largest absolute Gasteiger partial charge is 0.356 e. The van der Waals surface area contributed by atoms with Gasteiger partial charge >= 0.3 is 0 Å². The van der Waals surface area contributed by atoms with E-state index in [0.29, 0.717) is 13.0 Å². The third kappa shape index (κ3) is 7.50. The van der Waals surface area contributed by atoms with Crippen LogP contribution in [0.5, 0.6) is 0 Å². The number of amides is 1. The zero-order chi connectivity index (χ0) is 9.23. The molecule has 3 N–H and O–H groups in total. The van der Waals surface area contributed by atoms with Crippen LogP contribution in [0.2, 0.25) is 0 Å². The molecule has 0 radical (unpaired) electrons. The number of hydrogen-bond donors (Lipinski definition) is 2. The van der Waals surface area contributed by atoms with Crippen LogP contribution >= 0.6 is 0 Å². The van der Waals surface area contributed by atoms with Crippen molar-refractivity contribution in [1.29, 1.82) is 0 Å². The monoisotopic (exact) mass is 174 g/mol.